The van der Waals surface area contributed by atoms with Crippen LogP contribution in [0.3, 0.4) is 0 Å². The van der Waals surface area contributed by atoms with Gasteiger partial charge in [-0.1, -0.05) is 13.0 Å². The molecule has 1 saturated carbocycles. The third-order valence-electron chi connectivity index (χ3n) is 3.72. The van der Waals surface area contributed by atoms with E-state index in [2.05, 4.69) is 4.72 Å². The molecule has 1 N–H and O–H groups in total. The number of hydrogen-bond donors (Lipinski definition) is 1. The van der Waals surface area contributed by atoms with Crippen LogP contribution in [-0.4, -0.2) is 15.0 Å². The predicted octanol–water partition coefficient (Wildman–Crippen LogP) is 2.17. The lowest BCUT2D eigenvalue weighted by atomic mass is 10.1. The van der Waals surface area contributed by atoms with E-state index >= 15 is 0 Å². The van der Waals surface area contributed by atoms with Crippen LogP contribution in [0.2, 0.25) is 0 Å². The lowest BCUT2D eigenvalue weighted by Gasteiger charge is -2.14. The van der Waals surface area contributed by atoms with E-state index in [0.717, 1.165) is 25.3 Å². The zero-order chi connectivity index (χ0) is 14.1. The van der Waals surface area contributed by atoms with Crippen molar-refractivity contribution in [3.63, 3.8) is 0 Å². The van der Waals surface area contributed by atoms with Crippen LogP contribution in [0.1, 0.15) is 31.7 Å². The molecular weight excluding hydrogens is 267 g/mol. The smallest absolute Gasteiger partial charge is 0.211 e. The molecule has 0 atom stereocenters. The van der Waals surface area contributed by atoms with Gasteiger partial charge in [0.25, 0.3) is 0 Å². The van der Waals surface area contributed by atoms with Crippen molar-refractivity contribution in [3.8, 4) is 6.07 Å². The minimum Gasteiger partial charge on any atom is -0.211 e. The first-order chi connectivity index (χ1) is 8.94. The average molecular weight is 282 g/mol. The number of nitriles is 1. The fourth-order valence-electron chi connectivity index (χ4n) is 1.99. The predicted molar refractivity (Wildman–Crippen MR) is 68.3 cm³/mol. The molecule has 0 aliphatic heterocycles. The van der Waals surface area contributed by atoms with E-state index in [4.69, 9.17) is 5.26 Å². The van der Waals surface area contributed by atoms with E-state index in [-0.39, 0.29) is 10.3 Å². The monoisotopic (exact) mass is 282 g/mol. The summed E-state index contributed by atoms with van der Waals surface area (Å²) in [6, 6.07) is 5.21. The van der Waals surface area contributed by atoms with Crippen LogP contribution in [0.5, 0.6) is 0 Å². The molecule has 2 rings (SSSR count). The van der Waals surface area contributed by atoms with Gasteiger partial charge in [0.1, 0.15) is 22.3 Å². The van der Waals surface area contributed by atoms with Gasteiger partial charge in [-0.3, -0.25) is 0 Å². The number of hydrogen-bond acceptors (Lipinski definition) is 3. The fraction of sp³-hybridized carbons (Fsp3) is 0.462. The van der Waals surface area contributed by atoms with Crippen molar-refractivity contribution < 1.29 is 12.8 Å². The largest absolute Gasteiger partial charge is 0.242 e. The summed E-state index contributed by atoms with van der Waals surface area (Å²) in [5.41, 5.74) is -0.385. The van der Waals surface area contributed by atoms with Crippen LogP contribution in [0.25, 0.3) is 0 Å². The molecule has 0 spiro atoms. The highest BCUT2D eigenvalue weighted by Crippen LogP contribution is 2.48. The summed E-state index contributed by atoms with van der Waals surface area (Å²) in [6.07, 6.45) is 2.91. The third kappa shape index (κ3) is 2.77. The molecular formula is C13H15FN2O2S. The van der Waals surface area contributed by atoms with Crippen LogP contribution in [0, 0.1) is 22.6 Å². The first-order valence-electron chi connectivity index (χ1n) is 6.12. The Hall–Kier alpha value is -1.45. The van der Waals surface area contributed by atoms with Gasteiger partial charge in [0, 0.05) is 6.54 Å². The number of nitrogens with zero attached hydrogens (tertiary/aromatic N) is 1. The molecule has 0 aromatic heterocycles. The van der Waals surface area contributed by atoms with E-state index in [1.54, 1.807) is 6.07 Å². The molecule has 1 aliphatic carbocycles. The minimum atomic E-state index is -3.84. The molecule has 6 heteroatoms. The second-order valence-electron chi connectivity index (χ2n) is 4.90. The number of halogens is 1. The van der Waals surface area contributed by atoms with E-state index in [1.807, 2.05) is 6.92 Å². The van der Waals surface area contributed by atoms with Crippen LogP contribution < -0.4 is 4.72 Å². The van der Waals surface area contributed by atoms with Crippen molar-refractivity contribution in [2.45, 2.75) is 31.1 Å². The van der Waals surface area contributed by atoms with Gasteiger partial charge in [-0.15, -0.1) is 0 Å². The molecule has 1 aliphatic rings. The fourth-order valence-corrected chi connectivity index (χ4v) is 3.32. The Bertz CT molecular complexity index is 631. The molecule has 1 fully saturated rings. The second kappa shape index (κ2) is 4.91. The molecule has 0 heterocycles. The first-order valence-corrected chi connectivity index (χ1v) is 7.61. The van der Waals surface area contributed by atoms with Gasteiger partial charge in [0.05, 0.1) is 0 Å². The Morgan fingerprint density at radius 2 is 2.16 bits per heavy atom. The molecule has 1 aromatic rings. The maximum absolute atomic E-state index is 13.4. The van der Waals surface area contributed by atoms with Gasteiger partial charge in [0.2, 0.25) is 10.0 Å². The molecule has 1 aromatic carbocycles. The van der Waals surface area contributed by atoms with E-state index < -0.39 is 21.4 Å². The van der Waals surface area contributed by atoms with Crippen LogP contribution >= 0.6 is 0 Å². The highest BCUT2D eigenvalue weighted by molar-refractivity contribution is 7.89. The van der Waals surface area contributed by atoms with Crippen molar-refractivity contribution in [1.29, 1.82) is 5.26 Å². The topological polar surface area (TPSA) is 70.0 Å². The Balaban J connectivity index is 2.25. The quantitative estimate of drug-likeness (QED) is 0.899. The summed E-state index contributed by atoms with van der Waals surface area (Å²) in [6.45, 7) is 2.36. The van der Waals surface area contributed by atoms with Crippen molar-refractivity contribution >= 4 is 10.0 Å². The third-order valence-corrected chi connectivity index (χ3v) is 5.16. The normalized spacial score (nSPS) is 16.9. The molecule has 102 valence electrons. The molecule has 0 saturated heterocycles. The minimum absolute atomic E-state index is 0.0488. The van der Waals surface area contributed by atoms with Gasteiger partial charge in [-0.05, 0) is 36.8 Å². The Morgan fingerprint density at radius 1 is 1.47 bits per heavy atom. The van der Waals surface area contributed by atoms with Crippen LogP contribution in [0.15, 0.2) is 23.1 Å². The summed E-state index contributed by atoms with van der Waals surface area (Å²) in [4.78, 5) is -0.290. The summed E-state index contributed by atoms with van der Waals surface area (Å²) in [5, 5.41) is 8.87. The van der Waals surface area contributed by atoms with E-state index in [0.29, 0.717) is 6.54 Å². The number of benzene rings is 1. The van der Waals surface area contributed by atoms with E-state index in [1.165, 1.54) is 12.1 Å². The maximum Gasteiger partial charge on any atom is 0.242 e. The van der Waals surface area contributed by atoms with Gasteiger partial charge < -0.3 is 0 Å². The standard InChI is InChI=1S/C13H15FN2O2S/c1-2-13(6-7-13)9-16-19(17,18)12-5-3-4-11(14)10(12)8-15/h3-5,16H,2,6-7,9H2,1H3. The van der Waals surface area contributed by atoms with Gasteiger partial charge >= 0.3 is 0 Å². The van der Waals surface area contributed by atoms with Crippen molar-refractivity contribution in [3.05, 3.63) is 29.6 Å². The zero-order valence-electron chi connectivity index (χ0n) is 10.6. The Labute approximate surface area is 112 Å². The number of rotatable bonds is 5. The highest BCUT2D eigenvalue weighted by atomic mass is 32.2. The average Bonchev–Trinajstić information content (AvgIpc) is 3.17. The second-order valence-corrected chi connectivity index (χ2v) is 6.64. The summed E-state index contributed by atoms with van der Waals surface area (Å²) < 4.78 is 40.2. The lowest BCUT2D eigenvalue weighted by molar-refractivity contribution is 0.475. The lowest BCUT2D eigenvalue weighted by Crippen LogP contribution is -2.30. The Kier molecular flexibility index (Phi) is 3.61. The van der Waals surface area contributed by atoms with Crippen molar-refractivity contribution in [2.75, 3.05) is 6.54 Å². The molecule has 0 radical (unpaired) electrons. The number of sulfonamides is 1. The van der Waals surface area contributed by atoms with Gasteiger partial charge in [-0.25, -0.2) is 17.5 Å². The molecule has 0 bridgehead atoms. The molecule has 19 heavy (non-hydrogen) atoms. The molecule has 4 nitrogen and oxygen atoms in total. The molecule has 0 unspecified atom stereocenters. The zero-order valence-corrected chi connectivity index (χ0v) is 11.4. The summed E-state index contributed by atoms with van der Waals surface area (Å²) in [7, 11) is -3.84. The summed E-state index contributed by atoms with van der Waals surface area (Å²) in [5.74, 6) is -0.818. The SMILES string of the molecule is CCC1(CNS(=O)(=O)c2cccc(F)c2C#N)CC1. The van der Waals surface area contributed by atoms with E-state index in [9.17, 15) is 12.8 Å². The first kappa shape index (κ1) is 14.0. The van der Waals surface area contributed by atoms with Crippen LogP contribution in [0.4, 0.5) is 4.39 Å². The van der Waals surface area contributed by atoms with Crippen molar-refractivity contribution in [2.24, 2.45) is 5.41 Å². The Morgan fingerprint density at radius 3 is 2.68 bits per heavy atom. The van der Waals surface area contributed by atoms with Crippen molar-refractivity contribution in [1.82, 2.24) is 4.72 Å². The summed E-state index contributed by atoms with van der Waals surface area (Å²) >= 11 is 0. The van der Waals surface area contributed by atoms with Gasteiger partial charge in [-0.2, -0.15) is 5.26 Å². The van der Waals surface area contributed by atoms with Gasteiger partial charge in [0.15, 0.2) is 0 Å². The van der Waals surface area contributed by atoms with Crippen LogP contribution in [-0.2, 0) is 10.0 Å². The number of nitrogens with one attached hydrogen (secondary N) is 1. The molecule has 0 amide bonds. The maximum atomic E-state index is 13.4. The highest BCUT2D eigenvalue weighted by Gasteiger charge is 2.41.